The summed E-state index contributed by atoms with van der Waals surface area (Å²) in [6.07, 6.45) is 3.57. The van der Waals surface area contributed by atoms with Crippen LogP contribution in [0.3, 0.4) is 0 Å². The summed E-state index contributed by atoms with van der Waals surface area (Å²) in [5.41, 5.74) is 4.16. The summed E-state index contributed by atoms with van der Waals surface area (Å²) in [6, 6.07) is 20.7. The fourth-order valence-electron chi connectivity index (χ4n) is 2.67. The van der Waals surface area contributed by atoms with Crippen molar-refractivity contribution < 1.29 is 19.1 Å². The van der Waals surface area contributed by atoms with Crippen LogP contribution in [0.1, 0.15) is 46.0 Å². The maximum absolute atomic E-state index is 12.3. The number of nitrogens with one attached hydrogen (secondary N) is 1. The average molecular weight is 495 g/mol. The van der Waals surface area contributed by atoms with E-state index >= 15 is 0 Å². The van der Waals surface area contributed by atoms with Crippen molar-refractivity contribution in [2.24, 2.45) is 5.10 Å². The standard InChI is InChI=1S/C25H23BrN2O4/c1-2-3-15-31-22-13-9-19(10-14-22)25(30)32-23-11-7-18(8-12-23)17-27-28-24(29)20-5-4-6-21(26)16-20/h4-14,16-17H,2-3,15H2,1H3,(H,28,29). The molecule has 0 saturated heterocycles. The lowest BCUT2D eigenvalue weighted by Crippen LogP contribution is -2.17. The van der Waals surface area contributed by atoms with Gasteiger partial charge in [0, 0.05) is 10.0 Å². The number of unbranched alkanes of at least 4 members (excludes halogenated alkanes) is 1. The van der Waals surface area contributed by atoms with Crippen LogP contribution in [0.5, 0.6) is 11.5 Å². The van der Waals surface area contributed by atoms with Crippen LogP contribution in [-0.2, 0) is 0 Å². The number of carbonyl (C=O) groups excluding carboxylic acids is 2. The Morgan fingerprint density at radius 3 is 2.38 bits per heavy atom. The van der Waals surface area contributed by atoms with Gasteiger partial charge in [0.05, 0.1) is 18.4 Å². The van der Waals surface area contributed by atoms with Crippen molar-refractivity contribution >= 4 is 34.0 Å². The highest BCUT2D eigenvalue weighted by Gasteiger charge is 2.09. The van der Waals surface area contributed by atoms with E-state index in [0.29, 0.717) is 23.5 Å². The monoisotopic (exact) mass is 494 g/mol. The number of halogens is 1. The molecule has 0 fully saturated rings. The van der Waals surface area contributed by atoms with E-state index in [4.69, 9.17) is 9.47 Å². The van der Waals surface area contributed by atoms with Crippen molar-refractivity contribution in [2.75, 3.05) is 6.61 Å². The van der Waals surface area contributed by atoms with Crippen LogP contribution in [-0.4, -0.2) is 24.7 Å². The Morgan fingerprint density at radius 2 is 1.69 bits per heavy atom. The quantitative estimate of drug-likeness (QED) is 0.138. The summed E-state index contributed by atoms with van der Waals surface area (Å²) in [5.74, 6) is 0.377. The van der Waals surface area contributed by atoms with Crippen molar-refractivity contribution in [3.8, 4) is 11.5 Å². The zero-order valence-corrected chi connectivity index (χ0v) is 19.2. The molecule has 0 spiro atoms. The van der Waals surface area contributed by atoms with E-state index in [2.05, 4.69) is 33.4 Å². The number of esters is 1. The van der Waals surface area contributed by atoms with Gasteiger partial charge in [0.1, 0.15) is 11.5 Å². The minimum Gasteiger partial charge on any atom is -0.494 e. The molecule has 3 aromatic rings. The molecule has 0 aliphatic heterocycles. The molecule has 0 bridgehead atoms. The van der Waals surface area contributed by atoms with Gasteiger partial charge in [0.25, 0.3) is 5.91 Å². The second-order valence-corrected chi connectivity index (χ2v) is 7.81. The Morgan fingerprint density at radius 1 is 0.969 bits per heavy atom. The minimum absolute atomic E-state index is 0.310. The molecule has 0 heterocycles. The average Bonchev–Trinajstić information content (AvgIpc) is 2.81. The first-order chi connectivity index (χ1) is 15.5. The van der Waals surface area contributed by atoms with Crippen molar-refractivity contribution in [3.05, 3.63) is 94.0 Å². The Kier molecular flexibility index (Phi) is 8.57. The second-order valence-electron chi connectivity index (χ2n) is 6.89. The molecule has 0 aromatic heterocycles. The second kappa shape index (κ2) is 11.8. The Balaban J connectivity index is 1.51. The van der Waals surface area contributed by atoms with E-state index < -0.39 is 5.97 Å². The molecular formula is C25H23BrN2O4. The van der Waals surface area contributed by atoms with Gasteiger partial charge < -0.3 is 9.47 Å². The van der Waals surface area contributed by atoms with Crippen LogP contribution >= 0.6 is 15.9 Å². The van der Waals surface area contributed by atoms with Crippen LogP contribution in [0.15, 0.2) is 82.4 Å². The van der Waals surface area contributed by atoms with Crippen LogP contribution < -0.4 is 14.9 Å². The molecule has 1 amide bonds. The van der Waals surface area contributed by atoms with E-state index in [1.807, 2.05) is 6.07 Å². The van der Waals surface area contributed by atoms with E-state index in [-0.39, 0.29) is 5.91 Å². The highest BCUT2D eigenvalue weighted by atomic mass is 79.9. The normalized spacial score (nSPS) is 10.7. The number of amides is 1. The molecule has 0 radical (unpaired) electrons. The molecule has 1 N–H and O–H groups in total. The smallest absolute Gasteiger partial charge is 0.343 e. The molecule has 7 heteroatoms. The number of hydrogen-bond donors (Lipinski definition) is 1. The molecule has 0 aliphatic carbocycles. The SMILES string of the molecule is CCCCOc1ccc(C(=O)Oc2ccc(C=NNC(=O)c3cccc(Br)c3)cc2)cc1. The van der Waals surface area contributed by atoms with Crippen LogP contribution in [0.25, 0.3) is 0 Å². The molecule has 3 rings (SSSR count). The fraction of sp³-hybridized carbons (Fsp3) is 0.160. The van der Waals surface area contributed by atoms with Crippen LogP contribution in [0.2, 0.25) is 0 Å². The van der Waals surface area contributed by atoms with Gasteiger partial charge in [-0.1, -0.05) is 35.3 Å². The van der Waals surface area contributed by atoms with Crippen LogP contribution in [0, 0.1) is 0 Å². The van der Waals surface area contributed by atoms with E-state index in [9.17, 15) is 9.59 Å². The van der Waals surface area contributed by atoms with Gasteiger partial charge >= 0.3 is 5.97 Å². The zero-order valence-electron chi connectivity index (χ0n) is 17.6. The van der Waals surface area contributed by atoms with Crippen LogP contribution in [0.4, 0.5) is 0 Å². The van der Waals surface area contributed by atoms with Crippen molar-refractivity contribution in [1.82, 2.24) is 5.43 Å². The molecule has 6 nitrogen and oxygen atoms in total. The minimum atomic E-state index is -0.451. The summed E-state index contributed by atoms with van der Waals surface area (Å²) in [4.78, 5) is 24.4. The lowest BCUT2D eigenvalue weighted by atomic mass is 10.2. The Labute approximate surface area is 195 Å². The predicted molar refractivity (Wildman–Crippen MR) is 127 cm³/mol. The van der Waals surface area contributed by atoms with Gasteiger partial charge in [0.15, 0.2) is 0 Å². The third-order valence-electron chi connectivity index (χ3n) is 4.41. The van der Waals surface area contributed by atoms with Crippen molar-refractivity contribution in [3.63, 3.8) is 0 Å². The maximum atomic E-state index is 12.3. The highest BCUT2D eigenvalue weighted by molar-refractivity contribution is 9.10. The zero-order chi connectivity index (χ0) is 22.8. The summed E-state index contributed by atoms with van der Waals surface area (Å²) < 4.78 is 11.8. The lowest BCUT2D eigenvalue weighted by Gasteiger charge is -2.07. The van der Waals surface area contributed by atoms with Gasteiger partial charge in [-0.05, 0) is 78.7 Å². The summed E-state index contributed by atoms with van der Waals surface area (Å²) >= 11 is 3.33. The van der Waals surface area contributed by atoms with Gasteiger partial charge in [-0.3, -0.25) is 4.79 Å². The molecule has 0 aliphatic rings. The highest BCUT2D eigenvalue weighted by Crippen LogP contribution is 2.17. The third-order valence-corrected chi connectivity index (χ3v) is 4.91. The topological polar surface area (TPSA) is 77.0 Å². The largest absolute Gasteiger partial charge is 0.494 e. The van der Waals surface area contributed by atoms with Gasteiger partial charge in [0.2, 0.25) is 0 Å². The maximum Gasteiger partial charge on any atom is 0.343 e. The van der Waals surface area contributed by atoms with E-state index in [1.165, 1.54) is 6.21 Å². The molecule has 3 aromatic carbocycles. The van der Waals surface area contributed by atoms with E-state index in [1.54, 1.807) is 66.7 Å². The number of hydrogen-bond acceptors (Lipinski definition) is 5. The number of carbonyl (C=O) groups is 2. The summed E-state index contributed by atoms with van der Waals surface area (Å²) in [6.45, 7) is 2.76. The fourth-order valence-corrected chi connectivity index (χ4v) is 3.07. The third kappa shape index (κ3) is 7.06. The summed E-state index contributed by atoms with van der Waals surface area (Å²) in [5, 5.41) is 3.96. The van der Waals surface area contributed by atoms with Crippen molar-refractivity contribution in [2.45, 2.75) is 19.8 Å². The molecule has 0 saturated carbocycles. The molecule has 32 heavy (non-hydrogen) atoms. The number of hydrazone groups is 1. The molecular weight excluding hydrogens is 472 g/mol. The van der Waals surface area contributed by atoms with Gasteiger partial charge in [-0.15, -0.1) is 0 Å². The van der Waals surface area contributed by atoms with Gasteiger partial charge in [-0.25, -0.2) is 10.2 Å². The Bertz CT molecular complexity index is 1080. The number of nitrogens with zero attached hydrogens (tertiary/aromatic N) is 1. The molecule has 0 unspecified atom stereocenters. The Hall–Kier alpha value is -3.45. The molecule has 164 valence electrons. The first-order valence-corrected chi connectivity index (χ1v) is 11.0. The number of rotatable bonds is 9. The van der Waals surface area contributed by atoms with Crippen molar-refractivity contribution in [1.29, 1.82) is 0 Å². The number of ether oxygens (including phenoxy) is 2. The summed E-state index contributed by atoms with van der Waals surface area (Å²) in [7, 11) is 0. The van der Waals surface area contributed by atoms with Gasteiger partial charge in [-0.2, -0.15) is 5.10 Å². The first-order valence-electron chi connectivity index (χ1n) is 10.2. The number of benzene rings is 3. The van der Waals surface area contributed by atoms with E-state index in [0.717, 1.165) is 28.6 Å². The molecule has 0 atom stereocenters. The lowest BCUT2D eigenvalue weighted by molar-refractivity contribution is 0.0734. The first kappa shape index (κ1) is 23.2. The predicted octanol–water partition coefficient (Wildman–Crippen LogP) is 5.61.